The highest BCUT2D eigenvalue weighted by atomic mass is 16.3. The number of likely N-dealkylation sites (N-methyl/N-ethyl adjacent to an activating group) is 1. The van der Waals surface area contributed by atoms with E-state index < -0.39 is 0 Å². The second kappa shape index (κ2) is 5.01. The second-order valence-electron chi connectivity index (χ2n) is 3.75. The van der Waals surface area contributed by atoms with Crippen molar-refractivity contribution < 1.29 is 14.3 Å². The smallest absolute Gasteiger partial charge is 0.257 e. The second-order valence-corrected chi connectivity index (χ2v) is 3.75. The van der Waals surface area contributed by atoms with E-state index in [1.54, 1.807) is 4.90 Å². The van der Waals surface area contributed by atoms with Gasteiger partial charge in [-0.15, -0.1) is 0 Å². The summed E-state index contributed by atoms with van der Waals surface area (Å²) in [4.78, 5) is 13.8. The van der Waals surface area contributed by atoms with E-state index in [1.165, 1.54) is 6.26 Å². The summed E-state index contributed by atoms with van der Waals surface area (Å²) in [5, 5.41) is 9.72. The molecule has 1 aromatic heterocycles. The Bertz CT molecular complexity index is 518. The Labute approximate surface area is 99.4 Å². The molecule has 0 radical (unpaired) electrons. The number of amides is 1. The van der Waals surface area contributed by atoms with E-state index in [-0.39, 0.29) is 12.5 Å². The van der Waals surface area contributed by atoms with Crippen LogP contribution in [0, 0.1) is 0 Å². The Kier molecular flexibility index (Phi) is 3.44. The first-order valence-electron chi connectivity index (χ1n) is 5.64. The SMILES string of the molecule is CCN(CCO)C(=O)c1coc2ccccc12. The van der Waals surface area contributed by atoms with Crippen LogP contribution in [0.2, 0.25) is 0 Å². The average molecular weight is 233 g/mol. The third kappa shape index (κ3) is 2.17. The van der Waals surface area contributed by atoms with Gasteiger partial charge in [0.25, 0.3) is 5.91 Å². The van der Waals surface area contributed by atoms with Crippen molar-refractivity contribution in [3.63, 3.8) is 0 Å². The highest BCUT2D eigenvalue weighted by molar-refractivity contribution is 6.05. The minimum atomic E-state index is -0.105. The molecule has 17 heavy (non-hydrogen) atoms. The van der Waals surface area contributed by atoms with Crippen molar-refractivity contribution >= 4 is 16.9 Å². The van der Waals surface area contributed by atoms with Gasteiger partial charge in [0.05, 0.1) is 12.2 Å². The molecule has 0 unspecified atom stereocenters. The third-order valence-corrected chi connectivity index (χ3v) is 2.75. The summed E-state index contributed by atoms with van der Waals surface area (Å²) in [7, 11) is 0. The lowest BCUT2D eigenvalue weighted by molar-refractivity contribution is 0.0733. The van der Waals surface area contributed by atoms with Crippen LogP contribution in [0.3, 0.4) is 0 Å². The maximum absolute atomic E-state index is 12.2. The molecule has 1 N–H and O–H groups in total. The Balaban J connectivity index is 2.36. The maximum atomic E-state index is 12.2. The summed E-state index contributed by atoms with van der Waals surface area (Å²) < 4.78 is 5.33. The summed E-state index contributed by atoms with van der Waals surface area (Å²) in [5.41, 5.74) is 1.26. The summed E-state index contributed by atoms with van der Waals surface area (Å²) >= 11 is 0. The summed E-state index contributed by atoms with van der Waals surface area (Å²) in [6.45, 7) is 2.76. The van der Waals surface area contributed by atoms with Crippen LogP contribution >= 0.6 is 0 Å². The molecule has 2 rings (SSSR count). The van der Waals surface area contributed by atoms with Crippen LogP contribution in [0.4, 0.5) is 0 Å². The number of benzene rings is 1. The van der Waals surface area contributed by atoms with E-state index >= 15 is 0 Å². The fourth-order valence-electron chi connectivity index (χ4n) is 1.84. The summed E-state index contributed by atoms with van der Waals surface area (Å²) in [5.74, 6) is -0.105. The fourth-order valence-corrected chi connectivity index (χ4v) is 1.84. The Hall–Kier alpha value is -1.81. The zero-order valence-corrected chi connectivity index (χ0v) is 9.72. The van der Waals surface area contributed by atoms with Gasteiger partial charge in [0.15, 0.2) is 0 Å². The van der Waals surface area contributed by atoms with Crippen LogP contribution in [0.5, 0.6) is 0 Å². The van der Waals surface area contributed by atoms with E-state index in [1.807, 2.05) is 31.2 Å². The van der Waals surface area contributed by atoms with E-state index in [4.69, 9.17) is 9.52 Å². The van der Waals surface area contributed by atoms with Crippen LogP contribution in [-0.2, 0) is 0 Å². The van der Waals surface area contributed by atoms with Gasteiger partial charge in [0.1, 0.15) is 11.8 Å². The number of aliphatic hydroxyl groups is 1. The molecule has 0 atom stereocenters. The largest absolute Gasteiger partial charge is 0.463 e. The first-order valence-corrected chi connectivity index (χ1v) is 5.64. The quantitative estimate of drug-likeness (QED) is 0.877. The normalized spacial score (nSPS) is 10.7. The van der Waals surface area contributed by atoms with Crippen molar-refractivity contribution in [2.24, 2.45) is 0 Å². The number of carbonyl (C=O) groups excluding carboxylic acids is 1. The summed E-state index contributed by atoms with van der Waals surface area (Å²) in [6.07, 6.45) is 1.48. The van der Waals surface area contributed by atoms with E-state index in [2.05, 4.69) is 0 Å². The Morgan fingerprint density at radius 1 is 1.41 bits per heavy atom. The molecule has 4 nitrogen and oxygen atoms in total. The number of nitrogens with zero attached hydrogens (tertiary/aromatic N) is 1. The Morgan fingerprint density at radius 2 is 2.18 bits per heavy atom. The van der Waals surface area contributed by atoms with E-state index in [0.29, 0.717) is 24.2 Å². The van der Waals surface area contributed by atoms with Gasteiger partial charge >= 0.3 is 0 Å². The molecule has 0 bridgehead atoms. The highest BCUT2D eigenvalue weighted by Crippen LogP contribution is 2.21. The van der Waals surface area contributed by atoms with Gasteiger partial charge in [-0.3, -0.25) is 4.79 Å². The lowest BCUT2D eigenvalue weighted by Gasteiger charge is -2.18. The molecule has 1 heterocycles. The standard InChI is InChI=1S/C13H15NO3/c1-2-14(7-8-15)13(16)11-9-17-12-6-4-3-5-10(11)12/h3-6,9,15H,2,7-8H2,1H3. The Morgan fingerprint density at radius 3 is 2.88 bits per heavy atom. The van der Waals surface area contributed by atoms with Crippen LogP contribution in [0.25, 0.3) is 11.0 Å². The first kappa shape index (κ1) is 11.7. The van der Waals surface area contributed by atoms with Gasteiger partial charge in [0.2, 0.25) is 0 Å². The zero-order chi connectivity index (χ0) is 12.3. The van der Waals surface area contributed by atoms with Gasteiger partial charge in [-0.2, -0.15) is 0 Å². The van der Waals surface area contributed by atoms with Gasteiger partial charge in [0, 0.05) is 18.5 Å². The zero-order valence-electron chi connectivity index (χ0n) is 9.72. The van der Waals surface area contributed by atoms with Crippen LogP contribution < -0.4 is 0 Å². The molecular formula is C13H15NO3. The molecule has 0 saturated carbocycles. The number of fused-ring (bicyclic) bond motifs is 1. The minimum absolute atomic E-state index is 0.0324. The predicted octanol–water partition coefficient (Wildman–Crippen LogP) is 1.89. The molecule has 90 valence electrons. The average Bonchev–Trinajstić information content (AvgIpc) is 2.79. The van der Waals surface area contributed by atoms with Crippen molar-refractivity contribution in [1.82, 2.24) is 4.90 Å². The monoisotopic (exact) mass is 233 g/mol. The lowest BCUT2D eigenvalue weighted by Crippen LogP contribution is -2.33. The molecular weight excluding hydrogens is 218 g/mol. The maximum Gasteiger partial charge on any atom is 0.257 e. The van der Waals surface area contributed by atoms with Gasteiger partial charge in [-0.1, -0.05) is 18.2 Å². The van der Waals surface area contributed by atoms with Crippen LogP contribution in [0.15, 0.2) is 34.9 Å². The molecule has 1 amide bonds. The number of para-hydroxylation sites is 1. The van der Waals surface area contributed by atoms with E-state index in [0.717, 1.165) is 5.39 Å². The molecule has 1 aromatic carbocycles. The van der Waals surface area contributed by atoms with Gasteiger partial charge < -0.3 is 14.4 Å². The minimum Gasteiger partial charge on any atom is -0.463 e. The van der Waals surface area contributed by atoms with Crippen molar-refractivity contribution in [3.8, 4) is 0 Å². The van der Waals surface area contributed by atoms with Crippen molar-refractivity contribution in [1.29, 1.82) is 0 Å². The van der Waals surface area contributed by atoms with Gasteiger partial charge in [-0.05, 0) is 13.0 Å². The number of aliphatic hydroxyl groups excluding tert-OH is 1. The van der Waals surface area contributed by atoms with Gasteiger partial charge in [-0.25, -0.2) is 0 Å². The molecule has 0 aliphatic heterocycles. The number of furan rings is 1. The third-order valence-electron chi connectivity index (χ3n) is 2.75. The van der Waals surface area contributed by atoms with Crippen molar-refractivity contribution in [3.05, 3.63) is 36.1 Å². The number of hydrogen-bond acceptors (Lipinski definition) is 3. The topological polar surface area (TPSA) is 53.7 Å². The van der Waals surface area contributed by atoms with Crippen molar-refractivity contribution in [2.45, 2.75) is 6.92 Å². The number of rotatable bonds is 4. The first-order chi connectivity index (χ1) is 8.27. The molecule has 0 spiro atoms. The molecule has 4 heteroatoms. The summed E-state index contributed by atoms with van der Waals surface area (Å²) in [6, 6.07) is 7.43. The fraction of sp³-hybridized carbons (Fsp3) is 0.308. The highest BCUT2D eigenvalue weighted by Gasteiger charge is 2.18. The van der Waals surface area contributed by atoms with Crippen molar-refractivity contribution in [2.75, 3.05) is 19.7 Å². The van der Waals surface area contributed by atoms with Crippen LogP contribution in [0.1, 0.15) is 17.3 Å². The molecule has 2 aromatic rings. The number of carbonyl (C=O) groups is 1. The number of hydrogen-bond donors (Lipinski definition) is 1. The lowest BCUT2D eigenvalue weighted by atomic mass is 10.1. The molecule has 0 saturated heterocycles. The molecule has 0 aliphatic rings. The van der Waals surface area contributed by atoms with Crippen LogP contribution in [-0.4, -0.2) is 35.6 Å². The predicted molar refractivity (Wildman–Crippen MR) is 64.9 cm³/mol. The van der Waals surface area contributed by atoms with E-state index in [9.17, 15) is 4.79 Å². The molecule has 0 fully saturated rings. The molecule has 0 aliphatic carbocycles.